The molecule has 1 aliphatic carbocycles. The summed E-state index contributed by atoms with van der Waals surface area (Å²) in [4.78, 5) is 0. The van der Waals surface area contributed by atoms with E-state index in [-0.39, 0.29) is 17.7 Å². The van der Waals surface area contributed by atoms with Crippen molar-refractivity contribution >= 4 is 26.0 Å². The first-order valence-electron chi connectivity index (χ1n) is 7.76. The molecule has 6 nitrogen and oxygen atoms in total. The molecule has 1 aromatic carbocycles. The summed E-state index contributed by atoms with van der Waals surface area (Å²) < 4.78 is 153. The number of hydrogen-bond acceptors (Lipinski definition) is 6. The molecule has 0 bridgehead atoms. The summed E-state index contributed by atoms with van der Waals surface area (Å²) in [5, 5.41) is 0. The highest BCUT2D eigenvalue weighted by molar-refractivity contribution is 8.06. The first-order chi connectivity index (χ1) is 14.6. The Kier molecular flexibility index (Phi) is 7.08. The third-order valence-electron chi connectivity index (χ3n) is 3.89. The van der Waals surface area contributed by atoms with E-state index in [1.807, 2.05) is 0 Å². The van der Waals surface area contributed by atoms with E-state index in [9.17, 15) is 50.9 Å². The van der Waals surface area contributed by atoms with Gasteiger partial charge >= 0.3 is 44.6 Å². The lowest BCUT2D eigenvalue weighted by atomic mass is 9.97. The van der Waals surface area contributed by atoms with Gasteiger partial charge in [-0.15, -0.1) is 7.77 Å². The molecule has 1 unspecified atom stereocenters. The van der Waals surface area contributed by atoms with Gasteiger partial charge in [-0.25, -0.2) is 0 Å². The first-order valence-corrected chi connectivity index (χ1v) is 10.5. The van der Waals surface area contributed by atoms with E-state index >= 15 is 0 Å². The fourth-order valence-corrected chi connectivity index (χ4v) is 4.82. The van der Waals surface area contributed by atoms with Crippen LogP contribution in [0.4, 0.5) is 34.1 Å². The third kappa shape index (κ3) is 4.95. The minimum absolute atomic E-state index is 0.0661. The number of ether oxygens (including phenoxy) is 2. The van der Waals surface area contributed by atoms with Crippen molar-refractivity contribution in [2.75, 3.05) is 0 Å². The molecule has 0 heterocycles. The molecule has 0 saturated heterocycles. The second kappa shape index (κ2) is 8.93. The summed E-state index contributed by atoms with van der Waals surface area (Å²) in [7, 11) is -13.1. The standard InChI is InChI=1S/C16H8F8O6S2/c17-12(18)14(21)29-10-4-1-8(2-5-10)9-3-6-11(30-15(22)13(19)20)16(7-9,31(23,25)26)32(24,27)28/h1-7,11H. The molecule has 16 heteroatoms. The van der Waals surface area contributed by atoms with Gasteiger partial charge in [0.2, 0.25) is 0 Å². The Morgan fingerprint density at radius 2 is 1.31 bits per heavy atom. The third-order valence-corrected chi connectivity index (χ3v) is 7.31. The van der Waals surface area contributed by atoms with Crippen LogP contribution >= 0.6 is 0 Å². The Hall–Kier alpha value is -2.88. The van der Waals surface area contributed by atoms with Gasteiger partial charge in [0.1, 0.15) is 5.75 Å². The highest BCUT2D eigenvalue weighted by Gasteiger charge is 2.63. The second-order valence-electron chi connectivity index (χ2n) is 5.79. The molecule has 0 fully saturated rings. The van der Waals surface area contributed by atoms with Crippen molar-refractivity contribution < 1.29 is 60.4 Å². The van der Waals surface area contributed by atoms with Gasteiger partial charge in [0.15, 0.2) is 6.10 Å². The summed E-state index contributed by atoms with van der Waals surface area (Å²) in [5.41, 5.74) is -0.779. The Morgan fingerprint density at radius 3 is 1.75 bits per heavy atom. The van der Waals surface area contributed by atoms with Gasteiger partial charge in [0, 0.05) is 0 Å². The molecule has 176 valence electrons. The zero-order chi connectivity index (χ0) is 24.5. The molecule has 0 N–H and O–H groups in total. The van der Waals surface area contributed by atoms with Crippen molar-refractivity contribution in [3.8, 4) is 5.75 Å². The topological polar surface area (TPSA) is 86.7 Å². The average molecular weight is 512 g/mol. The van der Waals surface area contributed by atoms with Crippen LogP contribution in [0, 0.1) is 0 Å². The second-order valence-corrected chi connectivity index (χ2v) is 9.15. The van der Waals surface area contributed by atoms with E-state index in [1.54, 1.807) is 0 Å². The van der Waals surface area contributed by atoms with Crippen LogP contribution in [0.5, 0.6) is 5.75 Å². The molecule has 1 aromatic rings. The van der Waals surface area contributed by atoms with Crippen molar-refractivity contribution in [2.45, 2.75) is 10.2 Å². The Bertz CT molecular complexity index is 1190. The van der Waals surface area contributed by atoms with Crippen molar-refractivity contribution in [3.05, 3.63) is 72.2 Å². The normalized spacial score (nSPS) is 17.9. The minimum Gasteiger partial charge on any atom is -0.456 e. The summed E-state index contributed by atoms with van der Waals surface area (Å²) in [6, 6.07) is -1.52. The lowest BCUT2D eigenvalue weighted by Crippen LogP contribution is -2.52. The van der Waals surface area contributed by atoms with Gasteiger partial charge in [0.25, 0.3) is 4.08 Å². The highest BCUT2D eigenvalue weighted by atomic mass is 32.3. The summed E-state index contributed by atoms with van der Waals surface area (Å²) in [6.07, 6.45) is -7.93. The molecule has 2 rings (SSSR count). The van der Waals surface area contributed by atoms with Gasteiger partial charge in [0.05, 0.1) is 0 Å². The van der Waals surface area contributed by atoms with E-state index in [1.165, 1.54) is 0 Å². The van der Waals surface area contributed by atoms with Gasteiger partial charge in [-0.2, -0.15) is 43.2 Å². The van der Waals surface area contributed by atoms with Crippen LogP contribution in [0.1, 0.15) is 5.56 Å². The van der Waals surface area contributed by atoms with Crippen molar-refractivity contribution in [1.82, 2.24) is 0 Å². The molecule has 0 aliphatic heterocycles. The predicted molar refractivity (Wildman–Crippen MR) is 92.5 cm³/mol. The molecule has 1 aliphatic rings. The summed E-state index contributed by atoms with van der Waals surface area (Å²) in [5.74, 6) is -0.506. The smallest absolute Gasteiger partial charge is 0.344 e. The highest BCUT2D eigenvalue weighted by Crippen LogP contribution is 2.42. The van der Waals surface area contributed by atoms with E-state index in [2.05, 4.69) is 9.47 Å². The van der Waals surface area contributed by atoms with E-state index < -0.39 is 66.1 Å². The lowest BCUT2D eigenvalue weighted by Gasteiger charge is -2.31. The molecule has 0 amide bonds. The minimum atomic E-state index is -6.55. The first kappa shape index (κ1) is 25.4. The fourth-order valence-electron chi connectivity index (χ4n) is 2.52. The molecular weight excluding hydrogens is 504 g/mol. The number of rotatable bonds is 7. The molecule has 0 aromatic heterocycles. The van der Waals surface area contributed by atoms with Gasteiger partial charge in [-0.3, -0.25) is 0 Å². The average Bonchev–Trinajstić information content (AvgIpc) is 2.66. The molecular formula is C16H8F8O6S2. The lowest BCUT2D eigenvalue weighted by molar-refractivity contribution is 0.0743. The van der Waals surface area contributed by atoms with Gasteiger partial charge in [-0.1, -0.05) is 18.2 Å². The van der Waals surface area contributed by atoms with Crippen molar-refractivity contribution in [2.24, 2.45) is 0 Å². The number of benzene rings is 1. The predicted octanol–water partition coefficient (Wildman–Crippen LogP) is 4.77. The van der Waals surface area contributed by atoms with Crippen LogP contribution in [0.3, 0.4) is 0 Å². The van der Waals surface area contributed by atoms with E-state index in [4.69, 9.17) is 0 Å². The maximum Gasteiger partial charge on any atom is 0.344 e. The van der Waals surface area contributed by atoms with Crippen molar-refractivity contribution in [3.63, 3.8) is 0 Å². The maximum atomic E-state index is 14.0. The summed E-state index contributed by atoms with van der Waals surface area (Å²) in [6.45, 7) is 0. The quantitative estimate of drug-likeness (QED) is 0.297. The summed E-state index contributed by atoms with van der Waals surface area (Å²) >= 11 is 0. The zero-order valence-electron chi connectivity index (χ0n) is 14.9. The van der Waals surface area contributed by atoms with Crippen LogP contribution in [-0.4, -0.2) is 27.0 Å². The fraction of sp³-hybridized carbons (Fsp3) is 0.125. The molecule has 32 heavy (non-hydrogen) atoms. The van der Waals surface area contributed by atoms with Crippen LogP contribution in [-0.2, 0) is 25.2 Å². The van der Waals surface area contributed by atoms with Gasteiger partial charge < -0.3 is 9.47 Å². The van der Waals surface area contributed by atoms with Crippen molar-refractivity contribution in [1.29, 1.82) is 0 Å². The SMILES string of the molecule is O=S(=O)(F)C1(S(=O)(=O)F)C=C(c2ccc(OC(F)=C(F)F)cc2)C=CC1OC(F)=C(F)F. The largest absolute Gasteiger partial charge is 0.456 e. The van der Waals surface area contributed by atoms with Crippen LogP contribution in [0.25, 0.3) is 5.57 Å². The van der Waals surface area contributed by atoms with Crippen LogP contribution in [0.2, 0.25) is 0 Å². The Balaban J connectivity index is 2.62. The molecule has 0 radical (unpaired) electrons. The molecule has 1 atom stereocenters. The van der Waals surface area contributed by atoms with Crippen LogP contribution < -0.4 is 4.74 Å². The zero-order valence-corrected chi connectivity index (χ0v) is 16.5. The van der Waals surface area contributed by atoms with Gasteiger partial charge in [-0.05, 0) is 35.4 Å². The molecule has 0 spiro atoms. The maximum absolute atomic E-state index is 14.0. The number of halogens is 8. The van der Waals surface area contributed by atoms with Crippen LogP contribution in [0.15, 0.2) is 66.7 Å². The number of allylic oxidation sites excluding steroid dienone is 2. The monoisotopic (exact) mass is 512 g/mol. The van der Waals surface area contributed by atoms with E-state index in [0.29, 0.717) is 0 Å². The van der Waals surface area contributed by atoms with E-state index in [0.717, 1.165) is 30.3 Å². The number of hydrogen-bond donors (Lipinski definition) is 0. The Labute approximate surface area is 175 Å². The Morgan fingerprint density at radius 1 is 0.812 bits per heavy atom. The molecule has 0 saturated carbocycles.